The number of hydrogen-bond donors (Lipinski definition) is 0. The van der Waals surface area contributed by atoms with Crippen molar-refractivity contribution in [2.45, 2.75) is 50.6 Å². The molecule has 32 heavy (non-hydrogen) atoms. The summed E-state index contributed by atoms with van der Waals surface area (Å²) in [6, 6.07) is 8.18. The van der Waals surface area contributed by atoms with Crippen LogP contribution in [0, 0.1) is 23.6 Å². The van der Waals surface area contributed by atoms with Crippen LogP contribution in [0.5, 0.6) is 5.75 Å². The Labute approximate surface area is 185 Å². The molecule has 0 bridgehead atoms. The highest BCUT2D eigenvalue weighted by Gasteiger charge is 2.36. The highest BCUT2D eigenvalue weighted by atomic mass is 19.4. The lowest BCUT2D eigenvalue weighted by molar-refractivity contribution is -0.137. The second-order valence-corrected chi connectivity index (χ2v) is 8.99. The Hall–Kier alpha value is -2.63. The molecule has 2 aromatic carbocycles. The fourth-order valence-electron chi connectivity index (χ4n) is 5.29. The number of fused-ring (bicyclic) bond motifs is 1. The van der Waals surface area contributed by atoms with Gasteiger partial charge in [0.2, 0.25) is 0 Å². The number of alkyl halides is 3. The van der Waals surface area contributed by atoms with Crippen LogP contribution in [0.1, 0.15) is 65.9 Å². The van der Waals surface area contributed by atoms with Crippen molar-refractivity contribution in [1.29, 1.82) is 0 Å². The van der Waals surface area contributed by atoms with Crippen molar-refractivity contribution in [3.63, 3.8) is 0 Å². The van der Waals surface area contributed by atoms with E-state index in [4.69, 9.17) is 4.74 Å². The Kier molecular flexibility index (Phi) is 6.40. The SMILES string of the molecule is C=CC1CCC2CC(c3ccc(C(=O)Oc4ccc(C(F)(F)F)cc4)cc3F)CCC2C1. The zero-order valence-electron chi connectivity index (χ0n) is 17.7. The number of ether oxygens (including phenoxy) is 1. The van der Waals surface area contributed by atoms with Gasteiger partial charge < -0.3 is 4.74 Å². The molecule has 2 aliphatic rings. The minimum Gasteiger partial charge on any atom is -0.423 e. The smallest absolute Gasteiger partial charge is 0.416 e. The second-order valence-electron chi connectivity index (χ2n) is 8.99. The van der Waals surface area contributed by atoms with Crippen LogP contribution in [0.15, 0.2) is 55.1 Å². The fraction of sp³-hybridized carbons (Fsp3) is 0.423. The molecule has 0 radical (unpaired) electrons. The van der Waals surface area contributed by atoms with Gasteiger partial charge in [0.1, 0.15) is 11.6 Å². The number of hydrogen-bond acceptors (Lipinski definition) is 2. The minimum atomic E-state index is -4.47. The van der Waals surface area contributed by atoms with Crippen molar-refractivity contribution in [1.82, 2.24) is 0 Å². The van der Waals surface area contributed by atoms with E-state index in [1.165, 1.54) is 18.6 Å². The quantitative estimate of drug-likeness (QED) is 0.210. The summed E-state index contributed by atoms with van der Waals surface area (Å²) in [4.78, 5) is 12.4. The molecule has 2 aliphatic carbocycles. The number of carbonyl (C=O) groups excluding carboxylic acids is 1. The summed E-state index contributed by atoms with van der Waals surface area (Å²) in [5, 5.41) is 0. The molecule has 4 rings (SSSR count). The summed E-state index contributed by atoms with van der Waals surface area (Å²) in [6.07, 6.45) is 4.04. The first kappa shape index (κ1) is 22.6. The van der Waals surface area contributed by atoms with E-state index in [2.05, 4.69) is 12.7 Å². The third-order valence-corrected chi connectivity index (χ3v) is 7.06. The predicted molar refractivity (Wildman–Crippen MR) is 114 cm³/mol. The molecule has 4 atom stereocenters. The highest BCUT2D eigenvalue weighted by Crippen LogP contribution is 2.48. The first-order chi connectivity index (χ1) is 15.2. The van der Waals surface area contributed by atoms with E-state index in [9.17, 15) is 22.4 Å². The van der Waals surface area contributed by atoms with E-state index in [1.54, 1.807) is 6.07 Å². The Balaban J connectivity index is 1.41. The number of esters is 1. The summed E-state index contributed by atoms with van der Waals surface area (Å²) in [5.74, 6) is 0.756. The maximum Gasteiger partial charge on any atom is 0.416 e. The van der Waals surface area contributed by atoms with Crippen LogP contribution in [-0.4, -0.2) is 5.97 Å². The van der Waals surface area contributed by atoms with Crippen LogP contribution in [0.3, 0.4) is 0 Å². The average molecular weight is 446 g/mol. The van der Waals surface area contributed by atoms with Gasteiger partial charge in [0, 0.05) is 0 Å². The number of rotatable bonds is 4. The molecule has 2 fully saturated rings. The van der Waals surface area contributed by atoms with E-state index < -0.39 is 23.5 Å². The molecule has 2 nitrogen and oxygen atoms in total. The Morgan fingerprint density at radius 3 is 2.31 bits per heavy atom. The molecule has 0 aromatic heterocycles. The molecule has 4 unspecified atom stereocenters. The van der Waals surface area contributed by atoms with Gasteiger partial charge in [-0.3, -0.25) is 0 Å². The lowest BCUT2D eigenvalue weighted by Gasteiger charge is -2.41. The number of allylic oxidation sites excluding steroid dienone is 1. The maximum atomic E-state index is 14.9. The van der Waals surface area contributed by atoms with Gasteiger partial charge in [-0.2, -0.15) is 13.2 Å². The van der Waals surface area contributed by atoms with Crippen molar-refractivity contribution in [3.8, 4) is 5.75 Å². The lowest BCUT2D eigenvalue weighted by Crippen LogP contribution is -2.30. The Morgan fingerprint density at radius 2 is 1.66 bits per heavy atom. The van der Waals surface area contributed by atoms with E-state index in [-0.39, 0.29) is 17.2 Å². The van der Waals surface area contributed by atoms with Crippen LogP contribution in [-0.2, 0) is 6.18 Å². The van der Waals surface area contributed by atoms with Crippen molar-refractivity contribution < 1.29 is 27.1 Å². The molecule has 6 heteroatoms. The zero-order valence-corrected chi connectivity index (χ0v) is 17.7. The van der Waals surface area contributed by atoms with E-state index in [0.29, 0.717) is 23.3 Å². The normalized spacial score (nSPS) is 25.6. The van der Waals surface area contributed by atoms with Gasteiger partial charge >= 0.3 is 12.1 Å². The van der Waals surface area contributed by atoms with Gasteiger partial charge in [-0.05, 0) is 104 Å². The first-order valence-corrected chi connectivity index (χ1v) is 11.1. The Bertz CT molecular complexity index is 980. The van der Waals surface area contributed by atoms with Crippen LogP contribution >= 0.6 is 0 Å². The zero-order chi connectivity index (χ0) is 22.9. The molecular weight excluding hydrogens is 420 g/mol. The monoisotopic (exact) mass is 446 g/mol. The Morgan fingerprint density at radius 1 is 0.969 bits per heavy atom. The number of halogens is 4. The molecule has 0 aliphatic heterocycles. The lowest BCUT2D eigenvalue weighted by atomic mass is 9.64. The second kappa shape index (κ2) is 9.08. The molecule has 0 N–H and O–H groups in total. The van der Waals surface area contributed by atoms with Gasteiger partial charge in [0.15, 0.2) is 0 Å². The van der Waals surface area contributed by atoms with Gasteiger partial charge in [-0.1, -0.05) is 12.1 Å². The molecule has 0 saturated heterocycles. The molecule has 170 valence electrons. The van der Waals surface area contributed by atoms with E-state index >= 15 is 0 Å². The van der Waals surface area contributed by atoms with E-state index in [1.807, 2.05) is 0 Å². The topological polar surface area (TPSA) is 26.3 Å². The third-order valence-electron chi connectivity index (χ3n) is 7.06. The molecule has 2 saturated carbocycles. The fourth-order valence-corrected chi connectivity index (χ4v) is 5.29. The van der Waals surface area contributed by atoms with E-state index in [0.717, 1.165) is 56.4 Å². The highest BCUT2D eigenvalue weighted by molar-refractivity contribution is 5.91. The molecule has 0 amide bonds. The maximum absolute atomic E-state index is 14.9. The van der Waals surface area contributed by atoms with Gasteiger partial charge in [0.25, 0.3) is 0 Å². The van der Waals surface area contributed by atoms with Gasteiger partial charge in [0.05, 0.1) is 11.1 Å². The third kappa shape index (κ3) is 4.89. The average Bonchev–Trinajstić information content (AvgIpc) is 2.78. The van der Waals surface area contributed by atoms with Crippen molar-refractivity contribution in [2.75, 3.05) is 0 Å². The molecule has 2 aromatic rings. The summed E-state index contributed by atoms with van der Waals surface area (Å²) < 4.78 is 58.0. The molecule has 0 heterocycles. The number of benzene rings is 2. The summed E-state index contributed by atoms with van der Waals surface area (Å²) >= 11 is 0. The molecule has 0 spiro atoms. The molecular formula is C26H26F4O2. The predicted octanol–water partition coefficient (Wildman–Crippen LogP) is 7.55. The van der Waals surface area contributed by atoms with Crippen molar-refractivity contribution in [3.05, 3.63) is 77.6 Å². The largest absolute Gasteiger partial charge is 0.423 e. The van der Waals surface area contributed by atoms with Crippen LogP contribution in [0.25, 0.3) is 0 Å². The standard InChI is InChI=1S/C26H26F4O2/c1-2-16-3-4-18-14-19(6-5-17(18)13-16)23-12-7-20(15-24(23)27)25(31)32-22-10-8-21(9-11-22)26(28,29)30/h2,7-12,15-19H,1,3-6,13-14H2. The van der Waals surface area contributed by atoms with Gasteiger partial charge in [-0.15, -0.1) is 6.58 Å². The van der Waals surface area contributed by atoms with Gasteiger partial charge in [-0.25, -0.2) is 9.18 Å². The van der Waals surface area contributed by atoms with Crippen LogP contribution in [0.4, 0.5) is 17.6 Å². The van der Waals surface area contributed by atoms with Crippen molar-refractivity contribution >= 4 is 5.97 Å². The first-order valence-electron chi connectivity index (χ1n) is 11.1. The minimum absolute atomic E-state index is 0.0269. The summed E-state index contributed by atoms with van der Waals surface area (Å²) in [6.45, 7) is 3.93. The number of carbonyl (C=O) groups is 1. The van der Waals surface area contributed by atoms with Crippen LogP contribution < -0.4 is 4.74 Å². The van der Waals surface area contributed by atoms with Crippen molar-refractivity contribution in [2.24, 2.45) is 17.8 Å². The summed E-state index contributed by atoms with van der Waals surface area (Å²) in [7, 11) is 0. The summed E-state index contributed by atoms with van der Waals surface area (Å²) in [5.41, 5.74) is -0.174. The van der Waals surface area contributed by atoms with Crippen LogP contribution in [0.2, 0.25) is 0 Å².